The smallest absolute Gasteiger partial charge is 0.202 e. The van der Waals surface area contributed by atoms with Gasteiger partial charge >= 0.3 is 0 Å². The molecule has 2 aromatic carbocycles. The van der Waals surface area contributed by atoms with E-state index in [9.17, 15) is 19.5 Å². The zero-order valence-electron chi connectivity index (χ0n) is 22.2. The van der Waals surface area contributed by atoms with Gasteiger partial charge in [0.25, 0.3) is 0 Å². The summed E-state index contributed by atoms with van der Waals surface area (Å²) in [7, 11) is 0.520. The lowest BCUT2D eigenvalue weighted by Crippen LogP contribution is -2.43. The number of carbonyl (C=O) groups excluding carboxylic acids is 3. The van der Waals surface area contributed by atoms with Crippen LogP contribution >= 0.6 is 0 Å². The molecule has 0 radical (unpaired) electrons. The molecule has 7 nitrogen and oxygen atoms in total. The van der Waals surface area contributed by atoms with E-state index in [-0.39, 0.29) is 56.2 Å². The second-order valence-electron chi connectivity index (χ2n) is 11.2. The first-order valence-corrected chi connectivity index (χ1v) is 15.1. The van der Waals surface area contributed by atoms with E-state index >= 15 is 0 Å². The number of methoxy groups -OCH3 is 2. The topological polar surface area (TPSA) is 99.1 Å². The van der Waals surface area contributed by atoms with Crippen LogP contribution in [0.5, 0.6) is 17.2 Å². The highest BCUT2D eigenvalue weighted by Gasteiger charge is 2.46. The van der Waals surface area contributed by atoms with Crippen LogP contribution in [0.15, 0.2) is 18.2 Å². The van der Waals surface area contributed by atoms with Crippen LogP contribution in [0.2, 0.25) is 18.1 Å². The molecule has 0 saturated heterocycles. The van der Waals surface area contributed by atoms with E-state index in [0.717, 1.165) is 0 Å². The van der Waals surface area contributed by atoms with Crippen molar-refractivity contribution in [3.63, 3.8) is 0 Å². The molecule has 36 heavy (non-hydrogen) atoms. The van der Waals surface area contributed by atoms with Crippen molar-refractivity contribution >= 4 is 25.7 Å². The maximum absolute atomic E-state index is 13.8. The van der Waals surface area contributed by atoms with Gasteiger partial charge in [0, 0.05) is 22.6 Å². The predicted molar refractivity (Wildman–Crippen MR) is 138 cm³/mol. The summed E-state index contributed by atoms with van der Waals surface area (Å²) in [6, 6.07) is 4.83. The lowest BCUT2D eigenvalue weighted by molar-refractivity contribution is -0.122. The molecule has 0 bridgehead atoms. The Morgan fingerprint density at radius 3 is 2.25 bits per heavy atom. The van der Waals surface area contributed by atoms with Crippen LogP contribution in [0.3, 0.4) is 0 Å². The molecule has 192 valence electrons. The van der Waals surface area contributed by atoms with Crippen LogP contribution in [0.4, 0.5) is 0 Å². The van der Waals surface area contributed by atoms with E-state index in [1.807, 2.05) is 0 Å². The van der Waals surface area contributed by atoms with Gasteiger partial charge in [-0.2, -0.15) is 0 Å². The van der Waals surface area contributed by atoms with Crippen molar-refractivity contribution in [2.75, 3.05) is 14.2 Å². The quantitative estimate of drug-likeness (QED) is 0.459. The highest BCUT2D eigenvalue weighted by Crippen LogP contribution is 2.53. The van der Waals surface area contributed by atoms with E-state index in [1.54, 1.807) is 25.1 Å². The van der Waals surface area contributed by atoms with Gasteiger partial charge in [-0.05, 0) is 44.0 Å². The van der Waals surface area contributed by atoms with Gasteiger partial charge in [0.05, 0.1) is 37.0 Å². The monoisotopic (exact) mass is 510 g/mol. The summed E-state index contributed by atoms with van der Waals surface area (Å²) >= 11 is 0. The number of fused-ring (bicyclic) bond motifs is 3. The molecule has 0 aliphatic heterocycles. The van der Waals surface area contributed by atoms with Gasteiger partial charge in [-0.1, -0.05) is 32.9 Å². The number of phenolic OH excluding ortho intramolecular Hbond substituents is 1. The molecule has 0 spiro atoms. The lowest BCUT2D eigenvalue weighted by Gasteiger charge is -2.42. The van der Waals surface area contributed by atoms with Gasteiger partial charge in [0.2, 0.25) is 5.78 Å². The number of hydrogen-bond acceptors (Lipinski definition) is 7. The molecule has 2 atom stereocenters. The fourth-order valence-corrected chi connectivity index (χ4v) is 6.31. The number of benzene rings is 2. The Hall–Kier alpha value is -2.97. The first-order valence-electron chi connectivity index (χ1n) is 12.2. The second kappa shape index (κ2) is 8.85. The van der Waals surface area contributed by atoms with Crippen LogP contribution in [0.1, 0.15) is 83.2 Å². The van der Waals surface area contributed by atoms with Gasteiger partial charge in [0.1, 0.15) is 23.0 Å². The van der Waals surface area contributed by atoms with E-state index in [0.29, 0.717) is 24.0 Å². The molecular formula is C28H34O7Si. The number of phenols is 1. The lowest BCUT2D eigenvalue weighted by atomic mass is 9.74. The van der Waals surface area contributed by atoms with E-state index in [4.69, 9.17) is 13.9 Å². The van der Waals surface area contributed by atoms with Gasteiger partial charge < -0.3 is 19.0 Å². The van der Waals surface area contributed by atoms with Crippen molar-refractivity contribution in [2.24, 2.45) is 5.92 Å². The van der Waals surface area contributed by atoms with Gasteiger partial charge in [-0.15, -0.1) is 0 Å². The first-order chi connectivity index (χ1) is 16.7. The second-order valence-corrected chi connectivity index (χ2v) is 15.9. The number of ether oxygens (including phenoxy) is 2. The average molecular weight is 511 g/mol. The van der Waals surface area contributed by atoms with E-state index in [1.165, 1.54) is 14.2 Å². The van der Waals surface area contributed by atoms with E-state index < -0.39 is 26.0 Å². The summed E-state index contributed by atoms with van der Waals surface area (Å²) < 4.78 is 17.9. The van der Waals surface area contributed by atoms with Crippen molar-refractivity contribution in [3.8, 4) is 17.2 Å². The summed E-state index contributed by atoms with van der Waals surface area (Å²) in [5, 5.41) is 11.5. The van der Waals surface area contributed by atoms with Gasteiger partial charge in [-0.3, -0.25) is 14.4 Å². The van der Waals surface area contributed by atoms with Crippen LogP contribution in [-0.2, 0) is 15.6 Å². The zero-order valence-corrected chi connectivity index (χ0v) is 23.2. The molecule has 0 amide bonds. The molecule has 8 heteroatoms. The molecule has 4 rings (SSSR count). The fourth-order valence-electron chi connectivity index (χ4n) is 5.03. The Bertz CT molecular complexity index is 1290. The largest absolute Gasteiger partial charge is 0.507 e. The minimum absolute atomic E-state index is 0.00114. The van der Waals surface area contributed by atoms with Crippen molar-refractivity contribution in [3.05, 3.63) is 51.6 Å². The summed E-state index contributed by atoms with van der Waals surface area (Å²) in [6.45, 7) is 12.1. The molecule has 0 saturated carbocycles. The normalized spacial score (nSPS) is 19.3. The number of hydrogen-bond donors (Lipinski definition) is 1. The highest BCUT2D eigenvalue weighted by molar-refractivity contribution is 6.74. The summed E-state index contributed by atoms with van der Waals surface area (Å²) in [5.74, 6) is -1.09. The molecule has 2 aliphatic rings. The van der Waals surface area contributed by atoms with Crippen LogP contribution in [0, 0.1) is 5.92 Å². The van der Waals surface area contributed by atoms with Gasteiger partial charge in [0.15, 0.2) is 14.1 Å². The Balaban J connectivity index is 2.02. The number of rotatable bonds is 5. The summed E-state index contributed by atoms with van der Waals surface area (Å²) in [5.41, 5.74) is 1.22. The third-order valence-corrected chi connectivity index (χ3v) is 12.5. The molecule has 2 aliphatic carbocycles. The third-order valence-electron chi connectivity index (χ3n) is 8.03. The number of Topliss-reactive ketones (excluding diaryl/α,β-unsaturated/α-hetero) is 1. The maximum Gasteiger partial charge on any atom is 0.202 e. The standard InChI is InChI=1S/C28H34O7Si/c1-14(29)15-12-17-21(19(13-15)35-36(7,8)28(2,3)4)26(32)22-23(27(17)34-6)24(30)16-10-9-11-18(33-5)20(16)25(22)31/h9-11,15,19,32H,12-13H2,1-8H3/t15-,19+/m0/s1. The van der Waals surface area contributed by atoms with E-state index in [2.05, 4.69) is 33.9 Å². The summed E-state index contributed by atoms with van der Waals surface area (Å²) in [4.78, 5) is 40.1. The Labute approximate surface area is 212 Å². The molecule has 1 N–H and O–H groups in total. The number of carbonyl (C=O) groups is 3. The fraction of sp³-hybridized carbons (Fsp3) is 0.464. The number of ketones is 3. The van der Waals surface area contributed by atoms with Crippen molar-refractivity contribution < 1.29 is 33.4 Å². The Morgan fingerprint density at radius 1 is 1.03 bits per heavy atom. The minimum Gasteiger partial charge on any atom is -0.507 e. The molecule has 2 aromatic rings. The van der Waals surface area contributed by atoms with Crippen molar-refractivity contribution in [1.82, 2.24) is 0 Å². The van der Waals surface area contributed by atoms with Crippen LogP contribution in [-0.4, -0.2) is 45.0 Å². The summed E-state index contributed by atoms with van der Waals surface area (Å²) in [6.07, 6.45) is 0.0509. The number of aromatic hydroxyl groups is 1. The van der Waals surface area contributed by atoms with Crippen LogP contribution in [0.25, 0.3) is 0 Å². The minimum atomic E-state index is -2.35. The average Bonchev–Trinajstić information content (AvgIpc) is 2.80. The Morgan fingerprint density at radius 2 is 1.69 bits per heavy atom. The SMILES string of the molecule is COc1cccc2c1C(=O)c1c(O)c3c(c(OC)c1C2=O)C[C@H](C(C)=O)C[C@H]3O[Si](C)(C)C(C)(C)C. The van der Waals surface area contributed by atoms with Crippen LogP contribution < -0.4 is 9.47 Å². The molecule has 0 heterocycles. The maximum atomic E-state index is 13.8. The molecule has 0 aromatic heterocycles. The molecular weight excluding hydrogens is 476 g/mol. The van der Waals surface area contributed by atoms with Gasteiger partial charge in [-0.25, -0.2) is 0 Å². The molecule has 0 unspecified atom stereocenters. The van der Waals surface area contributed by atoms with Crippen molar-refractivity contribution in [1.29, 1.82) is 0 Å². The first kappa shape index (κ1) is 26.1. The zero-order chi connectivity index (χ0) is 26.7. The Kier molecular flexibility index (Phi) is 6.42. The van der Waals surface area contributed by atoms with Crippen molar-refractivity contribution in [2.45, 2.75) is 64.8 Å². The highest BCUT2D eigenvalue weighted by atomic mass is 28.4. The molecule has 0 fully saturated rings. The predicted octanol–water partition coefficient (Wildman–Crippen LogP) is 5.40. The third kappa shape index (κ3) is 3.87.